The van der Waals surface area contributed by atoms with Gasteiger partial charge < -0.3 is 11.5 Å². The molecular weight excluding hydrogens is 268 g/mol. The van der Waals surface area contributed by atoms with Gasteiger partial charge in [0.05, 0.1) is 6.42 Å². The summed E-state index contributed by atoms with van der Waals surface area (Å²) < 4.78 is -1.19. The Bertz CT molecular complexity index is 169. The smallest absolute Gasteiger partial charge is 0.245 e. The van der Waals surface area contributed by atoms with Gasteiger partial charge in [0.15, 0.2) is 3.23 Å². The Labute approximate surface area is 74.6 Å². The van der Waals surface area contributed by atoms with Crippen molar-refractivity contribution in [3.8, 4) is 0 Å². The van der Waals surface area contributed by atoms with E-state index in [9.17, 15) is 9.59 Å². The van der Waals surface area contributed by atoms with Crippen molar-refractivity contribution in [2.24, 2.45) is 11.5 Å². The van der Waals surface area contributed by atoms with E-state index < -0.39 is 15.0 Å². The van der Waals surface area contributed by atoms with Gasteiger partial charge in [-0.1, -0.05) is 31.9 Å². The van der Waals surface area contributed by atoms with Crippen molar-refractivity contribution in [2.45, 2.75) is 9.65 Å². The number of halogens is 2. The third kappa shape index (κ3) is 3.17. The fourth-order valence-electron chi connectivity index (χ4n) is 0.306. The van der Waals surface area contributed by atoms with Crippen LogP contribution in [0.5, 0.6) is 0 Å². The van der Waals surface area contributed by atoms with Crippen molar-refractivity contribution in [3.05, 3.63) is 0 Å². The molecule has 0 aromatic carbocycles. The molecule has 0 aliphatic heterocycles. The molecule has 10 heavy (non-hydrogen) atoms. The van der Waals surface area contributed by atoms with Gasteiger partial charge in [-0.3, -0.25) is 9.59 Å². The lowest BCUT2D eigenvalue weighted by molar-refractivity contribution is -0.123. The van der Waals surface area contributed by atoms with Crippen molar-refractivity contribution in [1.29, 1.82) is 0 Å². The van der Waals surface area contributed by atoms with Crippen molar-refractivity contribution in [2.75, 3.05) is 0 Å². The molecule has 0 fully saturated rings. The van der Waals surface area contributed by atoms with Gasteiger partial charge in [-0.2, -0.15) is 0 Å². The molecule has 0 rings (SSSR count). The lowest BCUT2D eigenvalue weighted by Gasteiger charge is -2.12. The van der Waals surface area contributed by atoms with E-state index in [1.807, 2.05) is 0 Å². The van der Waals surface area contributed by atoms with E-state index in [2.05, 4.69) is 31.9 Å². The zero-order valence-corrected chi connectivity index (χ0v) is 8.11. The molecule has 0 spiro atoms. The number of carbonyl (C=O) groups excluding carboxylic acids is 2. The molecule has 0 aliphatic rings. The van der Waals surface area contributed by atoms with Crippen LogP contribution in [0.2, 0.25) is 0 Å². The first-order chi connectivity index (χ1) is 4.36. The minimum atomic E-state index is -1.19. The molecule has 2 amide bonds. The molecule has 58 valence electrons. The topological polar surface area (TPSA) is 86.2 Å². The second kappa shape index (κ2) is 3.34. The molecule has 4 N–H and O–H groups in total. The highest BCUT2D eigenvalue weighted by Crippen LogP contribution is 2.28. The number of alkyl halides is 2. The largest absolute Gasteiger partial charge is 0.370 e. The minimum Gasteiger partial charge on any atom is -0.370 e. The Kier molecular flexibility index (Phi) is 3.30. The van der Waals surface area contributed by atoms with Gasteiger partial charge >= 0.3 is 0 Å². The number of amides is 2. The molecule has 4 nitrogen and oxygen atoms in total. The Morgan fingerprint density at radius 1 is 1.30 bits per heavy atom. The average molecular weight is 274 g/mol. The van der Waals surface area contributed by atoms with Crippen molar-refractivity contribution in [3.63, 3.8) is 0 Å². The summed E-state index contributed by atoms with van der Waals surface area (Å²) in [6, 6.07) is 0. The fraction of sp³-hybridized carbons (Fsp3) is 0.500. The van der Waals surface area contributed by atoms with Gasteiger partial charge in [0.2, 0.25) is 11.8 Å². The molecule has 0 atom stereocenters. The number of nitrogens with two attached hydrogens (primary N) is 2. The lowest BCUT2D eigenvalue weighted by atomic mass is 10.3. The van der Waals surface area contributed by atoms with Crippen molar-refractivity contribution >= 4 is 43.7 Å². The molecule has 0 saturated heterocycles. The molecular formula is C4H6Br2N2O2. The molecule has 0 radical (unpaired) electrons. The first-order valence-corrected chi connectivity index (χ1v) is 3.91. The molecule has 0 aliphatic carbocycles. The van der Waals surface area contributed by atoms with E-state index in [-0.39, 0.29) is 6.42 Å². The Morgan fingerprint density at radius 2 is 1.70 bits per heavy atom. The fourth-order valence-corrected chi connectivity index (χ4v) is 0.859. The van der Waals surface area contributed by atoms with Gasteiger partial charge in [-0.05, 0) is 0 Å². The molecule has 0 aromatic heterocycles. The van der Waals surface area contributed by atoms with Crippen LogP contribution in [0, 0.1) is 0 Å². The van der Waals surface area contributed by atoms with Crippen molar-refractivity contribution in [1.82, 2.24) is 0 Å². The van der Waals surface area contributed by atoms with Gasteiger partial charge in [-0.15, -0.1) is 0 Å². The third-order valence-corrected chi connectivity index (χ3v) is 2.10. The van der Waals surface area contributed by atoms with E-state index in [0.29, 0.717) is 0 Å². The maximum atomic E-state index is 10.5. The second-order valence-electron chi connectivity index (χ2n) is 1.71. The van der Waals surface area contributed by atoms with Crippen molar-refractivity contribution < 1.29 is 9.59 Å². The minimum absolute atomic E-state index is 0.164. The number of hydrogen-bond donors (Lipinski definition) is 2. The van der Waals surface area contributed by atoms with E-state index in [4.69, 9.17) is 11.5 Å². The summed E-state index contributed by atoms with van der Waals surface area (Å²) in [5.74, 6) is -1.28. The van der Waals surface area contributed by atoms with Crippen LogP contribution in [-0.2, 0) is 9.59 Å². The second-order valence-corrected chi connectivity index (χ2v) is 5.48. The lowest BCUT2D eigenvalue weighted by Crippen LogP contribution is -2.36. The SMILES string of the molecule is NC(=O)CC(Br)(Br)C(N)=O. The highest BCUT2D eigenvalue weighted by molar-refractivity contribution is 9.25. The summed E-state index contributed by atoms with van der Waals surface area (Å²) in [6.07, 6.45) is -0.164. The summed E-state index contributed by atoms with van der Waals surface area (Å²) in [4.78, 5) is 20.8. The summed E-state index contributed by atoms with van der Waals surface area (Å²) >= 11 is 5.78. The first kappa shape index (κ1) is 9.90. The first-order valence-electron chi connectivity index (χ1n) is 2.32. The van der Waals surface area contributed by atoms with Crippen LogP contribution < -0.4 is 11.5 Å². The molecule has 0 saturated carbocycles. The number of carbonyl (C=O) groups is 2. The monoisotopic (exact) mass is 272 g/mol. The number of hydrogen-bond acceptors (Lipinski definition) is 2. The summed E-state index contributed by atoms with van der Waals surface area (Å²) in [5, 5.41) is 0. The summed E-state index contributed by atoms with van der Waals surface area (Å²) in [6.45, 7) is 0. The van der Waals surface area contributed by atoms with Crippen LogP contribution >= 0.6 is 31.9 Å². The summed E-state index contributed by atoms with van der Waals surface area (Å²) in [5.41, 5.74) is 9.69. The van der Waals surface area contributed by atoms with Crippen LogP contribution in [0.1, 0.15) is 6.42 Å². The highest BCUT2D eigenvalue weighted by atomic mass is 79.9. The highest BCUT2D eigenvalue weighted by Gasteiger charge is 2.31. The zero-order chi connectivity index (χ0) is 8.36. The van der Waals surface area contributed by atoms with E-state index in [0.717, 1.165) is 0 Å². The van der Waals surface area contributed by atoms with Gasteiger partial charge in [-0.25, -0.2) is 0 Å². The molecule has 6 heteroatoms. The van der Waals surface area contributed by atoms with Gasteiger partial charge in [0.1, 0.15) is 0 Å². The number of primary amides is 2. The van der Waals surface area contributed by atoms with Crippen LogP contribution in [0.3, 0.4) is 0 Å². The van der Waals surface area contributed by atoms with E-state index in [1.54, 1.807) is 0 Å². The average Bonchev–Trinajstić information content (AvgIpc) is 1.60. The van der Waals surface area contributed by atoms with E-state index in [1.165, 1.54) is 0 Å². The third-order valence-electron chi connectivity index (χ3n) is 0.757. The van der Waals surface area contributed by atoms with Crippen LogP contribution in [0.15, 0.2) is 0 Å². The zero-order valence-electron chi connectivity index (χ0n) is 4.93. The number of rotatable bonds is 3. The Hall–Kier alpha value is -0.100. The predicted octanol–water partition coefficient (Wildman–Crippen LogP) is -0.167. The standard InChI is InChI=1S/C4H6Br2N2O2/c5-4(6,3(8)10)1-2(7)9/h1H2,(H2,7,9)(H2,8,10). The van der Waals surface area contributed by atoms with Crippen LogP contribution in [-0.4, -0.2) is 15.0 Å². The van der Waals surface area contributed by atoms with Gasteiger partial charge in [0.25, 0.3) is 0 Å². The normalized spacial score (nSPS) is 11.0. The summed E-state index contributed by atoms with van der Waals surface area (Å²) in [7, 11) is 0. The maximum absolute atomic E-state index is 10.5. The predicted molar refractivity (Wildman–Crippen MR) is 43.6 cm³/mol. The molecule has 0 aromatic rings. The quantitative estimate of drug-likeness (QED) is 0.700. The van der Waals surface area contributed by atoms with Crippen LogP contribution in [0.4, 0.5) is 0 Å². The van der Waals surface area contributed by atoms with Crippen LogP contribution in [0.25, 0.3) is 0 Å². The molecule has 0 heterocycles. The van der Waals surface area contributed by atoms with Gasteiger partial charge in [0, 0.05) is 0 Å². The molecule has 0 unspecified atom stereocenters. The molecule has 0 bridgehead atoms. The maximum Gasteiger partial charge on any atom is 0.245 e. The Morgan fingerprint density at radius 3 is 1.80 bits per heavy atom. The Balaban J connectivity index is 4.13. The van der Waals surface area contributed by atoms with E-state index >= 15 is 0 Å².